The topological polar surface area (TPSA) is 131 Å². The smallest absolute Gasteiger partial charge is 0.323 e. The van der Waals surface area contributed by atoms with Crippen LogP contribution < -0.4 is 15.2 Å². The molecule has 2 N–H and O–H groups in total. The Morgan fingerprint density at radius 3 is 1.91 bits per heavy atom. The molecule has 0 aliphatic carbocycles. The summed E-state index contributed by atoms with van der Waals surface area (Å²) in [6.07, 6.45) is -0.287. The minimum Gasteiger partial charge on any atom is -0.462 e. The van der Waals surface area contributed by atoms with Crippen molar-refractivity contribution >= 4 is 23.9 Å². The minimum atomic E-state index is -1.01. The summed E-state index contributed by atoms with van der Waals surface area (Å²) in [6.45, 7) is 12.1. The van der Waals surface area contributed by atoms with Crippen molar-refractivity contribution in [1.82, 2.24) is 0 Å². The highest BCUT2D eigenvalue weighted by Gasteiger charge is 2.22. The maximum absolute atomic E-state index is 12.4. The molecule has 190 valence electrons. The van der Waals surface area contributed by atoms with Gasteiger partial charge >= 0.3 is 23.9 Å². The van der Waals surface area contributed by atoms with Crippen LogP contribution in [0.15, 0.2) is 18.2 Å². The van der Waals surface area contributed by atoms with Gasteiger partial charge in [-0.3, -0.25) is 19.2 Å². The summed E-state index contributed by atoms with van der Waals surface area (Å²) in [5.74, 6) is -2.42. The van der Waals surface area contributed by atoms with Gasteiger partial charge in [-0.05, 0) is 37.0 Å². The fraction of sp³-hybridized carbons (Fsp3) is 0.600. The molecule has 0 fully saturated rings. The number of carbonyl (C=O) groups excluding carboxylic acids is 4. The number of nitrogens with two attached hydrogens (primary N) is 1. The molecule has 9 nitrogen and oxygen atoms in total. The maximum atomic E-state index is 12.4. The Labute approximate surface area is 201 Å². The number of ether oxygens (including phenoxy) is 4. The Balaban J connectivity index is 2.83. The van der Waals surface area contributed by atoms with Gasteiger partial charge in [0.1, 0.15) is 18.8 Å². The lowest BCUT2D eigenvalue weighted by Gasteiger charge is -2.18. The van der Waals surface area contributed by atoms with Crippen molar-refractivity contribution in [2.75, 3.05) is 6.61 Å². The van der Waals surface area contributed by atoms with E-state index in [0.717, 1.165) is 0 Å². The summed E-state index contributed by atoms with van der Waals surface area (Å²) in [5.41, 5.74) is 6.58. The first-order valence-corrected chi connectivity index (χ1v) is 11.5. The fourth-order valence-corrected chi connectivity index (χ4v) is 2.56. The third-order valence-electron chi connectivity index (χ3n) is 4.50. The maximum Gasteiger partial charge on any atom is 0.323 e. The molecule has 0 saturated heterocycles. The molecule has 0 radical (unpaired) electrons. The van der Waals surface area contributed by atoms with Gasteiger partial charge in [-0.2, -0.15) is 0 Å². The van der Waals surface area contributed by atoms with Gasteiger partial charge in [-0.15, -0.1) is 0 Å². The largest absolute Gasteiger partial charge is 0.462 e. The van der Waals surface area contributed by atoms with Crippen LogP contribution in [0.2, 0.25) is 0 Å². The molecule has 0 bridgehead atoms. The van der Waals surface area contributed by atoms with Gasteiger partial charge in [0.2, 0.25) is 0 Å². The number of esters is 4. The normalized spacial score (nSPS) is 12.9. The van der Waals surface area contributed by atoms with E-state index < -0.39 is 36.0 Å². The molecule has 0 aromatic heterocycles. The van der Waals surface area contributed by atoms with E-state index in [4.69, 9.17) is 24.7 Å². The van der Waals surface area contributed by atoms with Crippen molar-refractivity contribution in [2.45, 2.75) is 73.5 Å². The summed E-state index contributed by atoms with van der Waals surface area (Å²) in [6, 6.07) is 3.62. The van der Waals surface area contributed by atoms with E-state index in [0.29, 0.717) is 5.56 Å². The second-order valence-corrected chi connectivity index (χ2v) is 9.27. The lowest BCUT2D eigenvalue weighted by atomic mass is 10.1. The molecule has 2 atom stereocenters. The second kappa shape index (κ2) is 13.7. The van der Waals surface area contributed by atoms with Gasteiger partial charge in [-0.1, -0.05) is 47.6 Å². The van der Waals surface area contributed by atoms with E-state index in [1.165, 1.54) is 12.1 Å². The van der Waals surface area contributed by atoms with Crippen molar-refractivity contribution in [2.24, 2.45) is 23.5 Å². The summed E-state index contributed by atoms with van der Waals surface area (Å²) in [4.78, 5) is 48.2. The van der Waals surface area contributed by atoms with E-state index in [2.05, 4.69) is 0 Å². The lowest BCUT2D eigenvalue weighted by molar-refractivity contribution is -0.159. The van der Waals surface area contributed by atoms with Crippen LogP contribution >= 0.6 is 0 Å². The van der Waals surface area contributed by atoms with Gasteiger partial charge < -0.3 is 24.7 Å². The second-order valence-electron chi connectivity index (χ2n) is 9.27. The molecular formula is C25H37NO8. The molecule has 0 amide bonds. The third-order valence-corrected chi connectivity index (χ3v) is 4.50. The van der Waals surface area contributed by atoms with E-state index in [-0.39, 0.29) is 48.8 Å². The Morgan fingerprint density at radius 2 is 1.38 bits per heavy atom. The van der Waals surface area contributed by atoms with Crippen LogP contribution in [0, 0.1) is 17.8 Å². The van der Waals surface area contributed by atoms with E-state index in [1.807, 2.05) is 13.8 Å². The number of hydrogen-bond acceptors (Lipinski definition) is 9. The SMILES string of the molecule is CC(C)CC(=O)OC[C@H](C)OC(=O)[C@@H](N)Cc1ccc(OC(=O)C(C)C)c(OC(=O)C(C)C)c1. The predicted octanol–water partition coefficient (Wildman–Crippen LogP) is 3.20. The van der Waals surface area contributed by atoms with E-state index >= 15 is 0 Å². The summed E-state index contributed by atoms with van der Waals surface area (Å²) < 4.78 is 21.1. The Morgan fingerprint density at radius 1 is 0.824 bits per heavy atom. The van der Waals surface area contributed by atoms with Crippen LogP contribution in [0.5, 0.6) is 11.5 Å². The van der Waals surface area contributed by atoms with Gasteiger partial charge in [-0.25, -0.2) is 0 Å². The number of carbonyl (C=O) groups is 4. The molecule has 0 aliphatic heterocycles. The van der Waals surface area contributed by atoms with Crippen LogP contribution in [-0.2, 0) is 35.1 Å². The Hall–Kier alpha value is -2.94. The first-order chi connectivity index (χ1) is 15.8. The van der Waals surface area contributed by atoms with Gasteiger partial charge in [0.05, 0.1) is 11.8 Å². The molecule has 0 heterocycles. The Kier molecular flexibility index (Phi) is 11.7. The zero-order chi connectivity index (χ0) is 26.0. The van der Waals surface area contributed by atoms with Gasteiger partial charge in [0.15, 0.2) is 11.5 Å². The van der Waals surface area contributed by atoms with Crippen molar-refractivity contribution < 1.29 is 38.1 Å². The molecule has 0 spiro atoms. The van der Waals surface area contributed by atoms with Crippen LogP contribution in [0.4, 0.5) is 0 Å². The number of benzene rings is 1. The van der Waals surface area contributed by atoms with Crippen LogP contribution in [-0.4, -0.2) is 42.6 Å². The van der Waals surface area contributed by atoms with Crippen molar-refractivity contribution in [1.29, 1.82) is 0 Å². The predicted molar refractivity (Wildman–Crippen MR) is 125 cm³/mol. The van der Waals surface area contributed by atoms with Gasteiger partial charge in [0, 0.05) is 6.42 Å². The first kappa shape index (κ1) is 29.1. The molecule has 1 aromatic rings. The van der Waals surface area contributed by atoms with Crippen molar-refractivity contribution in [3.63, 3.8) is 0 Å². The Bertz CT molecular complexity index is 862. The highest BCUT2D eigenvalue weighted by molar-refractivity contribution is 5.78. The highest BCUT2D eigenvalue weighted by atomic mass is 16.6. The zero-order valence-corrected chi connectivity index (χ0v) is 21.1. The molecule has 0 saturated carbocycles. The first-order valence-electron chi connectivity index (χ1n) is 11.5. The zero-order valence-electron chi connectivity index (χ0n) is 21.1. The lowest BCUT2D eigenvalue weighted by Crippen LogP contribution is -2.37. The third kappa shape index (κ3) is 10.3. The highest BCUT2D eigenvalue weighted by Crippen LogP contribution is 2.30. The number of rotatable bonds is 12. The van der Waals surface area contributed by atoms with Crippen molar-refractivity contribution in [3.8, 4) is 11.5 Å². The molecule has 9 heteroatoms. The minimum absolute atomic E-state index is 0.0603. The molecule has 1 rings (SSSR count). The molecular weight excluding hydrogens is 442 g/mol. The van der Waals surface area contributed by atoms with Crippen LogP contribution in [0.25, 0.3) is 0 Å². The summed E-state index contributed by atoms with van der Waals surface area (Å²) in [7, 11) is 0. The fourth-order valence-electron chi connectivity index (χ4n) is 2.56. The van der Waals surface area contributed by atoms with Crippen LogP contribution in [0.1, 0.15) is 60.5 Å². The number of hydrogen-bond donors (Lipinski definition) is 1. The van der Waals surface area contributed by atoms with E-state index in [9.17, 15) is 19.2 Å². The monoisotopic (exact) mass is 479 g/mol. The van der Waals surface area contributed by atoms with Crippen molar-refractivity contribution in [3.05, 3.63) is 23.8 Å². The molecule has 0 unspecified atom stereocenters. The molecule has 34 heavy (non-hydrogen) atoms. The standard InChI is InChI=1S/C25H37NO8/c1-14(2)10-22(27)31-13-17(7)32-25(30)19(26)11-18-8-9-20(33-23(28)15(3)4)21(12-18)34-24(29)16(5)6/h8-9,12,14-17,19H,10-11,13,26H2,1-7H3/t17-,19-/m0/s1. The average molecular weight is 480 g/mol. The quantitative estimate of drug-likeness (QED) is 0.354. The molecule has 1 aromatic carbocycles. The summed E-state index contributed by atoms with van der Waals surface area (Å²) >= 11 is 0. The van der Waals surface area contributed by atoms with Gasteiger partial charge in [0.25, 0.3) is 0 Å². The summed E-state index contributed by atoms with van der Waals surface area (Å²) in [5, 5.41) is 0. The van der Waals surface area contributed by atoms with E-state index in [1.54, 1.807) is 40.7 Å². The average Bonchev–Trinajstić information content (AvgIpc) is 2.73. The van der Waals surface area contributed by atoms with Crippen LogP contribution in [0.3, 0.4) is 0 Å². The molecule has 0 aliphatic rings.